The molecule has 1 atom stereocenters. The lowest BCUT2D eigenvalue weighted by Crippen LogP contribution is -2.46. The van der Waals surface area contributed by atoms with Crippen LogP contribution in [0.4, 0.5) is 4.79 Å². The first-order chi connectivity index (χ1) is 10.8. The minimum atomic E-state index is -0.508. The van der Waals surface area contributed by atoms with Crippen molar-refractivity contribution in [2.24, 2.45) is 5.92 Å². The molecule has 0 saturated carbocycles. The minimum absolute atomic E-state index is 0.0482. The fourth-order valence-electron chi connectivity index (χ4n) is 2.19. The van der Waals surface area contributed by atoms with Gasteiger partial charge in [0.1, 0.15) is 5.78 Å². The monoisotopic (exact) mass is 336 g/mol. The number of amides is 2. The van der Waals surface area contributed by atoms with Gasteiger partial charge in [-0.1, -0.05) is 38.1 Å². The summed E-state index contributed by atoms with van der Waals surface area (Å²) in [4.78, 5) is 24.0. The molecule has 1 unspecified atom stereocenters. The highest BCUT2D eigenvalue weighted by Gasteiger charge is 2.23. The number of hydrogen-bond donors (Lipinski definition) is 3. The maximum Gasteiger partial charge on any atom is 0.315 e. The van der Waals surface area contributed by atoms with Gasteiger partial charge in [0, 0.05) is 18.9 Å². The van der Waals surface area contributed by atoms with Crippen molar-refractivity contribution in [2.45, 2.75) is 46.1 Å². The van der Waals surface area contributed by atoms with Crippen LogP contribution >= 0.6 is 12.6 Å². The van der Waals surface area contributed by atoms with Crippen molar-refractivity contribution < 1.29 is 9.59 Å². The van der Waals surface area contributed by atoms with Gasteiger partial charge >= 0.3 is 6.03 Å². The van der Waals surface area contributed by atoms with Gasteiger partial charge in [-0.05, 0) is 37.1 Å². The maximum atomic E-state index is 12.1. The highest BCUT2D eigenvalue weighted by atomic mass is 32.1. The first-order valence-corrected chi connectivity index (χ1v) is 8.72. The number of carbonyl (C=O) groups excluding carboxylic acids is 2. The van der Waals surface area contributed by atoms with Crippen LogP contribution in [0.3, 0.4) is 0 Å². The van der Waals surface area contributed by atoms with Gasteiger partial charge in [0.2, 0.25) is 0 Å². The van der Waals surface area contributed by atoms with E-state index in [1.807, 2.05) is 52.0 Å². The quantitative estimate of drug-likeness (QED) is 0.638. The third-order valence-corrected chi connectivity index (χ3v) is 4.36. The van der Waals surface area contributed by atoms with Crippen LogP contribution in [0.1, 0.15) is 45.2 Å². The van der Waals surface area contributed by atoms with E-state index in [0.29, 0.717) is 18.7 Å². The molecule has 2 N–H and O–H groups in total. The molecule has 0 heterocycles. The third kappa shape index (κ3) is 6.26. The molecule has 0 aliphatic carbocycles. The topological polar surface area (TPSA) is 58.2 Å². The Morgan fingerprint density at radius 3 is 2.61 bits per heavy atom. The zero-order valence-electron chi connectivity index (χ0n) is 14.5. The molecule has 4 nitrogen and oxygen atoms in total. The van der Waals surface area contributed by atoms with E-state index in [2.05, 4.69) is 23.3 Å². The normalized spacial score (nSPS) is 12.6. The maximum absolute atomic E-state index is 12.1. The van der Waals surface area contributed by atoms with Gasteiger partial charge in [0.15, 0.2) is 0 Å². The summed E-state index contributed by atoms with van der Waals surface area (Å²) in [6.07, 6.45) is 1.29. The molecule has 5 heteroatoms. The van der Waals surface area contributed by atoms with Gasteiger partial charge in [-0.2, -0.15) is 12.6 Å². The fraction of sp³-hybridized carbons (Fsp3) is 0.556. The summed E-state index contributed by atoms with van der Waals surface area (Å²) >= 11 is 4.18. The average molecular weight is 337 g/mol. The Balaban J connectivity index is 2.81. The second-order valence-corrected chi connectivity index (χ2v) is 6.80. The number of Topliss-reactive ketones (excluding diaryl/α,β-unsaturated/α-hetero) is 1. The van der Waals surface area contributed by atoms with Crippen LogP contribution in [-0.2, 0) is 16.8 Å². The first-order valence-electron chi connectivity index (χ1n) is 8.09. The van der Waals surface area contributed by atoms with Gasteiger partial charge in [0.05, 0.1) is 5.54 Å². The Bertz CT molecular complexity index is 544. The van der Waals surface area contributed by atoms with Crippen molar-refractivity contribution in [1.82, 2.24) is 10.6 Å². The van der Waals surface area contributed by atoms with Crippen LogP contribution in [0.25, 0.3) is 0 Å². The first kappa shape index (κ1) is 19.6. The van der Waals surface area contributed by atoms with Crippen molar-refractivity contribution in [3.05, 3.63) is 35.4 Å². The van der Waals surface area contributed by atoms with Gasteiger partial charge in [-0.15, -0.1) is 0 Å². The van der Waals surface area contributed by atoms with Gasteiger partial charge in [0.25, 0.3) is 0 Å². The van der Waals surface area contributed by atoms with E-state index in [4.69, 9.17) is 0 Å². The van der Waals surface area contributed by atoms with Crippen molar-refractivity contribution in [2.75, 3.05) is 12.3 Å². The standard InChI is InChI=1S/C18H28N2O2S/c1-5-9-19-17(22)20-18(3,4)15-8-6-7-14(10-15)11-16(21)13(2)12-23/h6-8,10,13,23H,5,9,11-12H2,1-4H3,(H2,19,20,22). The zero-order chi connectivity index (χ0) is 17.5. The largest absolute Gasteiger partial charge is 0.338 e. The Morgan fingerprint density at radius 2 is 2.00 bits per heavy atom. The van der Waals surface area contributed by atoms with Crippen molar-refractivity contribution >= 4 is 24.4 Å². The zero-order valence-corrected chi connectivity index (χ0v) is 15.4. The lowest BCUT2D eigenvalue weighted by molar-refractivity contribution is -0.121. The Hall–Kier alpha value is -1.49. The SMILES string of the molecule is CCCNC(=O)NC(C)(C)c1cccc(CC(=O)C(C)CS)c1. The number of nitrogens with one attached hydrogen (secondary N) is 2. The Labute approximate surface area is 144 Å². The number of ketones is 1. The molecule has 23 heavy (non-hydrogen) atoms. The molecule has 128 valence electrons. The number of rotatable bonds is 8. The molecule has 0 aliphatic heterocycles. The van der Waals surface area contributed by atoms with Gasteiger partial charge in [-0.3, -0.25) is 4.79 Å². The molecular formula is C18H28N2O2S. The Kier molecular flexibility index (Phi) is 7.62. The van der Waals surface area contributed by atoms with Crippen LogP contribution in [0.15, 0.2) is 24.3 Å². The van der Waals surface area contributed by atoms with E-state index in [1.54, 1.807) is 0 Å². The second kappa shape index (κ2) is 8.96. The lowest BCUT2D eigenvalue weighted by Gasteiger charge is -2.27. The van der Waals surface area contributed by atoms with Crippen molar-refractivity contribution in [3.8, 4) is 0 Å². The molecule has 0 spiro atoms. The van der Waals surface area contributed by atoms with E-state index in [-0.39, 0.29) is 17.7 Å². The minimum Gasteiger partial charge on any atom is -0.338 e. The van der Waals surface area contributed by atoms with Crippen LogP contribution in [0.5, 0.6) is 0 Å². The molecular weight excluding hydrogens is 308 g/mol. The summed E-state index contributed by atoms with van der Waals surface area (Å²) in [5.41, 5.74) is 1.43. The van der Waals surface area contributed by atoms with Crippen molar-refractivity contribution in [1.29, 1.82) is 0 Å². The fourth-order valence-corrected chi connectivity index (χ4v) is 2.39. The molecule has 0 aromatic heterocycles. The number of carbonyl (C=O) groups is 2. The molecule has 0 aliphatic rings. The van der Waals surface area contributed by atoms with Crippen LogP contribution < -0.4 is 10.6 Å². The highest BCUT2D eigenvalue weighted by molar-refractivity contribution is 7.80. The molecule has 1 aromatic carbocycles. The summed E-state index contributed by atoms with van der Waals surface area (Å²) in [7, 11) is 0. The molecule has 1 aromatic rings. The number of hydrogen-bond acceptors (Lipinski definition) is 3. The van der Waals surface area contributed by atoms with E-state index in [9.17, 15) is 9.59 Å². The molecule has 2 amide bonds. The molecule has 1 rings (SSSR count). The predicted octanol–water partition coefficient (Wildman–Crippen LogP) is 3.31. The average Bonchev–Trinajstić information content (AvgIpc) is 2.51. The van der Waals surface area contributed by atoms with E-state index < -0.39 is 5.54 Å². The highest BCUT2D eigenvalue weighted by Crippen LogP contribution is 2.21. The summed E-state index contributed by atoms with van der Waals surface area (Å²) in [6.45, 7) is 8.46. The molecule has 0 saturated heterocycles. The number of thiol groups is 1. The van der Waals surface area contributed by atoms with Crippen LogP contribution in [0.2, 0.25) is 0 Å². The number of benzene rings is 1. The summed E-state index contributed by atoms with van der Waals surface area (Å²) < 4.78 is 0. The van der Waals surface area contributed by atoms with E-state index >= 15 is 0 Å². The summed E-state index contributed by atoms with van der Waals surface area (Å²) in [5, 5.41) is 5.79. The van der Waals surface area contributed by atoms with Crippen LogP contribution in [-0.4, -0.2) is 24.1 Å². The van der Waals surface area contributed by atoms with Gasteiger partial charge in [-0.25, -0.2) is 4.79 Å². The summed E-state index contributed by atoms with van der Waals surface area (Å²) in [5.74, 6) is 0.694. The van der Waals surface area contributed by atoms with Gasteiger partial charge < -0.3 is 10.6 Å². The second-order valence-electron chi connectivity index (χ2n) is 6.43. The number of urea groups is 1. The van der Waals surface area contributed by atoms with E-state index in [0.717, 1.165) is 17.5 Å². The predicted molar refractivity (Wildman–Crippen MR) is 98.0 cm³/mol. The van der Waals surface area contributed by atoms with Crippen molar-refractivity contribution in [3.63, 3.8) is 0 Å². The summed E-state index contributed by atoms with van der Waals surface area (Å²) in [6, 6.07) is 7.65. The Morgan fingerprint density at radius 1 is 1.30 bits per heavy atom. The molecule has 0 fully saturated rings. The lowest BCUT2D eigenvalue weighted by atomic mass is 9.91. The van der Waals surface area contributed by atoms with Crippen LogP contribution in [0, 0.1) is 5.92 Å². The van der Waals surface area contributed by atoms with E-state index in [1.165, 1.54) is 0 Å². The third-order valence-electron chi connectivity index (χ3n) is 3.81. The molecule has 0 radical (unpaired) electrons. The molecule has 0 bridgehead atoms. The smallest absolute Gasteiger partial charge is 0.315 e.